The monoisotopic (exact) mass is 219 g/mol. The Hall–Kier alpha value is -2.10. The van der Waals surface area contributed by atoms with Gasteiger partial charge in [0.2, 0.25) is 5.91 Å². The van der Waals surface area contributed by atoms with Gasteiger partial charge in [-0.25, -0.2) is 0 Å². The van der Waals surface area contributed by atoms with E-state index in [1.807, 2.05) is 30.3 Å². The summed E-state index contributed by atoms with van der Waals surface area (Å²) in [7, 11) is 1.27. The zero-order valence-electron chi connectivity index (χ0n) is 8.97. The second-order valence-corrected chi connectivity index (χ2v) is 3.04. The van der Waals surface area contributed by atoms with Crippen molar-refractivity contribution >= 4 is 18.0 Å². The molecule has 0 saturated heterocycles. The van der Waals surface area contributed by atoms with Crippen molar-refractivity contribution in [3.8, 4) is 0 Å². The van der Waals surface area contributed by atoms with Gasteiger partial charge >= 0.3 is 5.97 Å². The van der Waals surface area contributed by atoms with Gasteiger partial charge in [-0.2, -0.15) is 0 Å². The number of carbonyl (C=O) groups excluding carboxylic acids is 2. The maximum Gasteiger partial charge on any atom is 0.325 e. The number of nitrogens with one attached hydrogen (secondary N) is 1. The molecule has 0 fully saturated rings. The Bertz CT molecular complexity index is 385. The maximum atomic E-state index is 11.2. The molecule has 4 nitrogen and oxygen atoms in total. The van der Waals surface area contributed by atoms with Crippen LogP contribution in [0.25, 0.3) is 6.08 Å². The van der Waals surface area contributed by atoms with E-state index in [1.165, 1.54) is 13.2 Å². The highest BCUT2D eigenvalue weighted by molar-refractivity contribution is 5.93. The molecule has 1 aromatic carbocycles. The third kappa shape index (κ3) is 4.41. The minimum atomic E-state index is -0.471. The van der Waals surface area contributed by atoms with Crippen LogP contribution in [-0.4, -0.2) is 25.5 Å². The van der Waals surface area contributed by atoms with Crippen LogP contribution in [0.3, 0.4) is 0 Å². The van der Waals surface area contributed by atoms with Crippen LogP contribution in [0.15, 0.2) is 36.4 Å². The van der Waals surface area contributed by atoms with Crippen LogP contribution in [-0.2, 0) is 14.3 Å². The van der Waals surface area contributed by atoms with Crippen molar-refractivity contribution in [2.45, 2.75) is 0 Å². The fourth-order valence-corrected chi connectivity index (χ4v) is 1.03. The molecule has 0 heterocycles. The highest BCUT2D eigenvalue weighted by Crippen LogP contribution is 2.00. The smallest absolute Gasteiger partial charge is 0.325 e. The minimum absolute atomic E-state index is 0.117. The number of benzene rings is 1. The zero-order chi connectivity index (χ0) is 11.8. The van der Waals surface area contributed by atoms with E-state index in [0.717, 1.165) is 5.56 Å². The Morgan fingerprint density at radius 2 is 2.00 bits per heavy atom. The predicted octanol–water partition coefficient (Wildman–Crippen LogP) is 0.989. The number of ether oxygens (including phenoxy) is 1. The van der Waals surface area contributed by atoms with Gasteiger partial charge < -0.3 is 10.1 Å². The molecular formula is C12H13NO3. The summed E-state index contributed by atoms with van der Waals surface area (Å²) in [6, 6.07) is 9.42. The quantitative estimate of drug-likeness (QED) is 0.607. The number of hydrogen-bond donors (Lipinski definition) is 1. The lowest BCUT2D eigenvalue weighted by atomic mass is 10.2. The normalized spacial score (nSPS) is 10.1. The van der Waals surface area contributed by atoms with Crippen molar-refractivity contribution < 1.29 is 14.3 Å². The average Bonchev–Trinajstić information content (AvgIpc) is 2.34. The van der Waals surface area contributed by atoms with Crippen LogP contribution >= 0.6 is 0 Å². The first-order valence-corrected chi connectivity index (χ1v) is 4.80. The van der Waals surface area contributed by atoms with Crippen LogP contribution in [0.4, 0.5) is 0 Å². The van der Waals surface area contributed by atoms with Crippen molar-refractivity contribution in [3.63, 3.8) is 0 Å². The van der Waals surface area contributed by atoms with Gasteiger partial charge in [-0.3, -0.25) is 9.59 Å². The van der Waals surface area contributed by atoms with Gasteiger partial charge in [-0.1, -0.05) is 30.3 Å². The van der Waals surface area contributed by atoms with Crippen molar-refractivity contribution in [2.24, 2.45) is 0 Å². The standard InChI is InChI=1S/C12H13NO3/c1-16-12(15)9-13-11(14)8-7-10-5-3-2-4-6-10/h2-8H,9H2,1H3,(H,13,14)/b8-7+. The molecule has 4 heteroatoms. The van der Waals surface area contributed by atoms with Gasteiger partial charge in [-0.05, 0) is 11.6 Å². The number of carbonyl (C=O) groups is 2. The van der Waals surface area contributed by atoms with Crippen LogP contribution in [0.2, 0.25) is 0 Å². The molecule has 0 aliphatic rings. The highest BCUT2D eigenvalue weighted by atomic mass is 16.5. The van der Waals surface area contributed by atoms with Crippen molar-refractivity contribution in [1.82, 2.24) is 5.32 Å². The molecule has 0 atom stereocenters. The molecule has 0 unspecified atom stereocenters. The predicted molar refractivity (Wildman–Crippen MR) is 60.5 cm³/mol. The molecule has 16 heavy (non-hydrogen) atoms. The first-order chi connectivity index (χ1) is 7.72. The molecule has 0 aliphatic heterocycles. The second-order valence-electron chi connectivity index (χ2n) is 3.04. The molecule has 1 rings (SSSR count). The largest absolute Gasteiger partial charge is 0.468 e. The van der Waals surface area contributed by atoms with Crippen LogP contribution in [0.5, 0.6) is 0 Å². The second kappa shape index (κ2) is 6.40. The Morgan fingerprint density at radius 1 is 1.31 bits per heavy atom. The molecule has 1 aromatic rings. The lowest BCUT2D eigenvalue weighted by Gasteiger charge is -1.99. The van der Waals surface area contributed by atoms with Crippen molar-refractivity contribution in [3.05, 3.63) is 42.0 Å². The Labute approximate surface area is 93.9 Å². The summed E-state index contributed by atoms with van der Waals surface area (Å²) in [5.41, 5.74) is 0.927. The van der Waals surface area contributed by atoms with E-state index in [2.05, 4.69) is 10.1 Å². The first kappa shape index (κ1) is 12.0. The number of esters is 1. The van der Waals surface area contributed by atoms with E-state index in [-0.39, 0.29) is 12.5 Å². The minimum Gasteiger partial charge on any atom is -0.468 e. The van der Waals surface area contributed by atoms with Crippen LogP contribution in [0.1, 0.15) is 5.56 Å². The Kier molecular flexibility index (Phi) is 4.79. The topological polar surface area (TPSA) is 55.4 Å². The number of hydrogen-bond acceptors (Lipinski definition) is 3. The fourth-order valence-electron chi connectivity index (χ4n) is 1.03. The van der Waals surface area contributed by atoms with Crippen LogP contribution < -0.4 is 5.32 Å². The summed E-state index contributed by atoms with van der Waals surface area (Å²) in [5.74, 6) is -0.796. The molecule has 1 amide bonds. The summed E-state index contributed by atoms with van der Waals surface area (Å²) in [6.07, 6.45) is 3.05. The molecule has 0 saturated carbocycles. The van der Waals surface area contributed by atoms with Crippen molar-refractivity contribution in [1.29, 1.82) is 0 Å². The zero-order valence-corrected chi connectivity index (χ0v) is 8.97. The number of amides is 1. The highest BCUT2D eigenvalue weighted by Gasteiger charge is 2.01. The molecule has 0 aromatic heterocycles. The summed E-state index contributed by atoms with van der Waals surface area (Å²) >= 11 is 0. The van der Waals surface area contributed by atoms with E-state index in [4.69, 9.17) is 0 Å². The van der Waals surface area contributed by atoms with Gasteiger partial charge in [0.15, 0.2) is 0 Å². The molecule has 0 aliphatic carbocycles. The van der Waals surface area contributed by atoms with E-state index < -0.39 is 5.97 Å². The van der Waals surface area contributed by atoms with Gasteiger partial charge in [0, 0.05) is 6.08 Å². The number of rotatable bonds is 4. The van der Waals surface area contributed by atoms with Gasteiger partial charge in [0.05, 0.1) is 7.11 Å². The first-order valence-electron chi connectivity index (χ1n) is 4.80. The summed E-state index contributed by atoms with van der Waals surface area (Å²) in [6.45, 7) is -0.117. The van der Waals surface area contributed by atoms with Crippen molar-refractivity contribution in [2.75, 3.05) is 13.7 Å². The molecular weight excluding hydrogens is 206 g/mol. The van der Waals surface area contributed by atoms with Gasteiger partial charge in [-0.15, -0.1) is 0 Å². The number of methoxy groups -OCH3 is 1. The van der Waals surface area contributed by atoms with E-state index in [0.29, 0.717) is 0 Å². The van der Waals surface area contributed by atoms with Gasteiger partial charge in [0.25, 0.3) is 0 Å². The van der Waals surface area contributed by atoms with E-state index >= 15 is 0 Å². The fraction of sp³-hybridized carbons (Fsp3) is 0.167. The third-order valence-corrected chi connectivity index (χ3v) is 1.86. The molecule has 0 bridgehead atoms. The average molecular weight is 219 g/mol. The third-order valence-electron chi connectivity index (χ3n) is 1.86. The lowest BCUT2D eigenvalue weighted by molar-refractivity contribution is -0.140. The summed E-state index contributed by atoms with van der Waals surface area (Å²) in [5, 5.41) is 2.40. The maximum absolute atomic E-state index is 11.2. The molecule has 0 radical (unpaired) electrons. The Balaban J connectivity index is 2.40. The Morgan fingerprint density at radius 3 is 2.62 bits per heavy atom. The molecule has 1 N–H and O–H groups in total. The lowest BCUT2D eigenvalue weighted by Crippen LogP contribution is -2.28. The summed E-state index contributed by atoms with van der Waals surface area (Å²) in [4.78, 5) is 22.0. The van der Waals surface area contributed by atoms with E-state index in [1.54, 1.807) is 6.08 Å². The SMILES string of the molecule is COC(=O)CNC(=O)/C=C/c1ccccc1. The molecule has 0 spiro atoms. The van der Waals surface area contributed by atoms with Crippen LogP contribution in [0, 0.1) is 0 Å². The molecule has 84 valence electrons. The van der Waals surface area contributed by atoms with Gasteiger partial charge in [0.1, 0.15) is 6.54 Å². The van der Waals surface area contributed by atoms with E-state index in [9.17, 15) is 9.59 Å². The summed E-state index contributed by atoms with van der Waals surface area (Å²) < 4.78 is 4.39.